The van der Waals surface area contributed by atoms with Crippen LogP contribution in [0.3, 0.4) is 0 Å². The van der Waals surface area contributed by atoms with Gasteiger partial charge in [-0.05, 0) is 12.1 Å². The number of hydrogen-bond donors (Lipinski definition) is 14. The molecule has 16 unspecified atom stereocenters. The molecular weight excluding hydrogens is 808 g/mol. The maximum absolute atomic E-state index is 11.7. The standard InChI is InChI=1S/C38H48O22/c1-13(41)5-14(2)53-12-25-28(47)35(60-37-32(51)30(49)27(46)24(11-40)58-37)33(52)38(59-25)56-22-9-17-18(43)7-16(42)8-21(17)54-34(22)15-3-4-20(19(44)6-15)55-36-31(50)29(48)26(45)23(10-39)57-36/h3-4,6-9,21,23-33,35-52H,1-2,5,10-12H2/p+1. The third-order valence-corrected chi connectivity index (χ3v) is 10.2. The van der Waals surface area contributed by atoms with Crippen molar-refractivity contribution in [2.75, 3.05) is 19.8 Å². The SMILES string of the molecule is C=C(O)CC(=C)OCC1OC(OC2=C(c3ccc(OC4OC(CO)C(O)C(O)C4O)c(O)c3)[OH+]C3C=C(O)C=C(O)C3=C2)C(O)C(OC2OC(CO)C(O)C(O)C2O)C1O. The molecule has 22 heteroatoms. The van der Waals surface area contributed by atoms with Crippen LogP contribution in [0.15, 0.2) is 84.0 Å². The number of aliphatic hydroxyl groups is 15. The minimum Gasteiger partial charge on any atom is -0.571 e. The second-order valence-electron chi connectivity index (χ2n) is 14.5. The Morgan fingerprint density at radius 1 is 0.700 bits per heavy atom. The first kappa shape index (κ1) is 45.0. The lowest BCUT2D eigenvalue weighted by Gasteiger charge is -2.46. The third-order valence-electron chi connectivity index (χ3n) is 10.2. The van der Waals surface area contributed by atoms with Gasteiger partial charge in [0.2, 0.25) is 24.4 Å². The van der Waals surface area contributed by atoms with Crippen molar-refractivity contribution in [1.29, 1.82) is 0 Å². The lowest BCUT2D eigenvalue weighted by atomic mass is 9.96. The molecule has 4 aliphatic heterocycles. The van der Waals surface area contributed by atoms with Gasteiger partial charge in [0.25, 0.3) is 0 Å². The van der Waals surface area contributed by atoms with Crippen molar-refractivity contribution in [1.82, 2.24) is 0 Å². The van der Waals surface area contributed by atoms with E-state index in [1.165, 1.54) is 24.3 Å². The summed E-state index contributed by atoms with van der Waals surface area (Å²) in [6.45, 7) is 4.97. The fraction of sp³-hybridized carbons (Fsp3) is 0.526. The average Bonchev–Trinajstić information content (AvgIpc) is 3.20. The summed E-state index contributed by atoms with van der Waals surface area (Å²) in [5, 5.41) is 146. The molecule has 1 aliphatic carbocycles. The summed E-state index contributed by atoms with van der Waals surface area (Å²) >= 11 is 0. The number of rotatable bonds is 14. The van der Waals surface area contributed by atoms with Gasteiger partial charge in [0.1, 0.15) is 91.4 Å². The molecule has 4 heterocycles. The number of aromatic hydroxyl groups is 1. The highest BCUT2D eigenvalue weighted by Gasteiger charge is 2.52. The van der Waals surface area contributed by atoms with Gasteiger partial charge in [-0.1, -0.05) is 13.2 Å². The Bertz CT molecular complexity index is 1860. The Kier molecular flexibility index (Phi) is 14.0. The molecule has 1 aromatic carbocycles. The molecule has 0 bridgehead atoms. The van der Waals surface area contributed by atoms with Gasteiger partial charge in [0.15, 0.2) is 17.8 Å². The summed E-state index contributed by atoms with van der Waals surface area (Å²) in [5.41, 5.74) is 0.180. The maximum atomic E-state index is 11.7. The first-order valence-corrected chi connectivity index (χ1v) is 18.5. The van der Waals surface area contributed by atoms with Crippen LogP contribution in [0.25, 0.3) is 5.76 Å². The molecule has 60 heavy (non-hydrogen) atoms. The Labute approximate surface area is 340 Å². The van der Waals surface area contributed by atoms with E-state index in [9.17, 15) is 71.5 Å². The minimum absolute atomic E-state index is 0.00483. The van der Waals surface area contributed by atoms with Gasteiger partial charge < -0.3 is 109 Å². The van der Waals surface area contributed by atoms with Crippen LogP contribution in [-0.4, -0.2) is 194 Å². The first-order chi connectivity index (χ1) is 28.4. The quantitative estimate of drug-likeness (QED) is 0.0641. The normalized spacial score (nSPS) is 38.1. The lowest BCUT2D eigenvalue weighted by molar-refractivity contribution is -0.357. The van der Waals surface area contributed by atoms with E-state index in [1.807, 2.05) is 0 Å². The van der Waals surface area contributed by atoms with E-state index < -0.39 is 130 Å². The number of aliphatic hydroxyl groups excluding tert-OH is 13. The fourth-order valence-electron chi connectivity index (χ4n) is 6.95. The van der Waals surface area contributed by atoms with Gasteiger partial charge in [-0.15, -0.1) is 0 Å². The molecule has 0 amide bonds. The van der Waals surface area contributed by atoms with E-state index >= 15 is 0 Å². The van der Waals surface area contributed by atoms with E-state index in [2.05, 4.69) is 17.9 Å². The van der Waals surface area contributed by atoms with Gasteiger partial charge in [-0.3, -0.25) is 0 Å². The largest absolute Gasteiger partial charge is 0.571 e. The Morgan fingerprint density at radius 2 is 1.30 bits per heavy atom. The molecule has 0 aromatic heterocycles. The number of phenolic OH excluding ortho intramolecular Hbond substituents is 1. The third kappa shape index (κ3) is 9.36. The Morgan fingerprint density at radius 3 is 1.92 bits per heavy atom. The van der Waals surface area contributed by atoms with Gasteiger partial charge in [-0.2, -0.15) is 0 Å². The summed E-state index contributed by atoms with van der Waals surface area (Å²) in [5.74, 6) is -2.27. The average molecular weight is 858 g/mol. The molecule has 16 atom stereocenters. The number of fused-ring (bicyclic) bond motifs is 1. The lowest BCUT2D eigenvalue weighted by Crippen LogP contribution is -2.64. The molecule has 22 nitrogen and oxygen atoms in total. The molecule has 3 fully saturated rings. The minimum atomic E-state index is -1.99. The summed E-state index contributed by atoms with van der Waals surface area (Å²) in [4.78, 5) is 0. The van der Waals surface area contributed by atoms with Crippen LogP contribution in [0.2, 0.25) is 0 Å². The predicted octanol–water partition coefficient (Wildman–Crippen LogP) is -3.39. The van der Waals surface area contributed by atoms with Crippen LogP contribution in [0.1, 0.15) is 12.0 Å². The van der Waals surface area contributed by atoms with Crippen molar-refractivity contribution in [2.24, 2.45) is 0 Å². The second kappa shape index (κ2) is 18.6. The van der Waals surface area contributed by atoms with Crippen molar-refractivity contribution < 1.29 is 109 Å². The topological polar surface area (TPSA) is 361 Å². The van der Waals surface area contributed by atoms with Crippen LogP contribution in [0.5, 0.6) is 11.5 Å². The molecule has 5 aliphatic rings. The van der Waals surface area contributed by atoms with Crippen molar-refractivity contribution >= 4 is 5.76 Å². The molecule has 3 saturated heterocycles. The van der Waals surface area contributed by atoms with E-state index in [-0.39, 0.29) is 52.1 Å². The number of phenols is 1. The molecule has 1 aromatic rings. The van der Waals surface area contributed by atoms with E-state index in [1.54, 1.807) is 0 Å². The highest BCUT2D eigenvalue weighted by atomic mass is 16.7. The Balaban J connectivity index is 1.33. The number of ether oxygens (including phenoxy) is 8. The summed E-state index contributed by atoms with van der Waals surface area (Å²) in [6, 6.07) is 3.70. The molecule has 0 saturated carbocycles. The summed E-state index contributed by atoms with van der Waals surface area (Å²) in [6.07, 6.45) is -23.6. The highest BCUT2D eigenvalue weighted by Crippen LogP contribution is 2.40. The molecule has 0 radical (unpaired) electrons. The predicted molar refractivity (Wildman–Crippen MR) is 197 cm³/mol. The zero-order valence-corrected chi connectivity index (χ0v) is 31.5. The molecular formula is C38H49O22+. The van der Waals surface area contributed by atoms with Gasteiger partial charge in [0, 0.05) is 18.2 Å². The zero-order valence-electron chi connectivity index (χ0n) is 31.5. The molecule has 332 valence electrons. The van der Waals surface area contributed by atoms with Crippen molar-refractivity contribution in [3.05, 3.63) is 89.5 Å². The van der Waals surface area contributed by atoms with Crippen LogP contribution in [0.4, 0.5) is 0 Å². The fourth-order valence-corrected chi connectivity index (χ4v) is 6.95. The number of benzene rings is 1. The maximum Gasteiger partial charge on any atom is 0.305 e. The summed E-state index contributed by atoms with van der Waals surface area (Å²) < 4.78 is 44.5. The van der Waals surface area contributed by atoms with E-state index in [0.29, 0.717) is 0 Å². The zero-order chi connectivity index (χ0) is 43.7. The monoisotopic (exact) mass is 857 g/mol. The Hall–Kier alpha value is -4.50. The van der Waals surface area contributed by atoms with Gasteiger partial charge >= 0.3 is 5.76 Å². The molecule has 0 spiro atoms. The number of hydrogen-bond acceptors (Lipinski definition) is 21. The number of allylic oxidation sites excluding steroid dienone is 2. The smallest absolute Gasteiger partial charge is 0.305 e. The van der Waals surface area contributed by atoms with E-state index in [4.69, 9.17) is 33.2 Å². The van der Waals surface area contributed by atoms with Crippen LogP contribution < -0.4 is 4.74 Å². The van der Waals surface area contributed by atoms with Gasteiger partial charge in [0.05, 0.1) is 48.4 Å². The van der Waals surface area contributed by atoms with E-state index in [0.717, 1.165) is 12.1 Å². The van der Waals surface area contributed by atoms with Crippen molar-refractivity contribution in [3.63, 3.8) is 0 Å². The highest BCUT2D eigenvalue weighted by molar-refractivity contribution is 5.69. The van der Waals surface area contributed by atoms with Gasteiger partial charge in [-0.25, -0.2) is 0 Å². The van der Waals surface area contributed by atoms with Crippen LogP contribution in [-0.2, 0) is 28.4 Å². The van der Waals surface area contributed by atoms with Crippen LogP contribution in [0, 0.1) is 0 Å². The second-order valence-corrected chi connectivity index (χ2v) is 14.5. The van der Waals surface area contributed by atoms with Crippen LogP contribution >= 0.6 is 0 Å². The van der Waals surface area contributed by atoms with Crippen molar-refractivity contribution in [2.45, 2.75) is 105 Å². The molecule has 6 rings (SSSR count). The molecule has 15 N–H and O–H groups in total. The van der Waals surface area contributed by atoms with Crippen molar-refractivity contribution in [3.8, 4) is 11.5 Å². The summed E-state index contributed by atoms with van der Waals surface area (Å²) in [7, 11) is 0. The first-order valence-electron chi connectivity index (χ1n) is 18.5.